The smallest absolute Gasteiger partial charge is 0.236 e. The molecule has 0 atom stereocenters. The Bertz CT molecular complexity index is 1120. The first-order valence-corrected chi connectivity index (χ1v) is 14.2. The van der Waals surface area contributed by atoms with Gasteiger partial charge in [0.2, 0.25) is 17.7 Å². The van der Waals surface area contributed by atoms with Crippen LogP contribution in [-0.4, -0.2) is 77.6 Å². The summed E-state index contributed by atoms with van der Waals surface area (Å²) in [5, 5.41) is 7.09. The van der Waals surface area contributed by atoms with E-state index in [-0.39, 0.29) is 22.6 Å². The maximum absolute atomic E-state index is 13.3. The van der Waals surface area contributed by atoms with Crippen LogP contribution in [0, 0.1) is 12.3 Å². The number of benzene rings is 1. The lowest BCUT2D eigenvalue weighted by molar-refractivity contribution is -0.137. The van der Waals surface area contributed by atoms with E-state index in [2.05, 4.69) is 39.4 Å². The highest BCUT2D eigenvalue weighted by Gasteiger charge is 2.42. The zero-order chi connectivity index (χ0) is 26.6. The van der Waals surface area contributed by atoms with Gasteiger partial charge >= 0.3 is 0 Å². The number of para-hydroxylation sites is 1. The van der Waals surface area contributed by atoms with E-state index in [9.17, 15) is 9.59 Å². The van der Waals surface area contributed by atoms with Crippen LogP contribution in [0.1, 0.15) is 69.1 Å². The molecule has 3 aliphatic rings. The molecule has 1 spiro atoms. The zero-order valence-electron chi connectivity index (χ0n) is 22.8. The van der Waals surface area contributed by atoms with Gasteiger partial charge in [-0.15, -0.1) is 0 Å². The molecule has 0 saturated carbocycles. The lowest BCUT2D eigenvalue weighted by Gasteiger charge is -2.42. The van der Waals surface area contributed by atoms with Crippen LogP contribution in [0.4, 0.5) is 0 Å². The van der Waals surface area contributed by atoms with E-state index >= 15 is 0 Å². The molecule has 9 heteroatoms. The highest BCUT2D eigenvalue weighted by atomic mass is 16.5. The number of rotatable bonds is 3. The van der Waals surface area contributed by atoms with Gasteiger partial charge in [-0.2, -0.15) is 4.98 Å². The topological polar surface area (TPSA) is 101 Å². The summed E-state index contributed by atoms with van der Waals surface area (Å²) >= 11 is 0. The second-order valence-corrected chi connectivity index (χ2v) is 11.6. The number of aromatic nitrogens is 2. The van der Waals surface area contributed by atoms with Crippen LogP contribution < -0.4 is 10.1 Å². The molecule has 0 aliphatic carbocycles. The Morgan fingerprint density at radius 1 is 1.05 bits per heavy atom. The number of carbonyl (C=O) groups is 2. The lowest BCUT2D eigenvalue weighted by atomic mass is 9.73. The van der Waals surface area contributed by atoms with E-state index in [1.165, 1.54) is 5.56 Å². The first-order chi connectivity index (χ1) is 18.4. The molecule has 5 rings (SSSR count). The van der Waals surface area contributed by atoms with Crippen LogP contribution in [0.2, 0.25) is 0 Å². The standard InChI is InChI=1S/C29H41N5O4/c1-22-31-27(38-32-22)28(2)11-18-34(19-12-28)25(35)21-33-16-13-29(14-17-33)10-6-5-8-23-7-3-4-9-24(23)37-20-15-30-26(29)36/h3-4,7,9H,5-6,8,10-21H2,1-2H3,(H,30,36). The quantitative estimate of drug-likeness (QED) is 0.659. The Morgan fingerprint density at radius 2 is 1.82 bits per heavy atom. The van der Waals surface area contributed by atoms with E-state index < -0.39 is 0 Å². The second kappa shape index (κ2) is 11.4. The van der Waals surface area contributed by atoms with Crippen molar-refractivity contribution in [1.82, 2.24) is 25.3 Å². The van der Waals surface area contributed by atoms with Crippen molar-refractivity contribution in [2.24, 2.45) is 5.41 Å². The molecule has 9 nitrogen and oxygen atoms in total. The molecular formula is C29H41N5O4. The van der Waals surface area contributed by atoms with E-state index in [1.807, 2.05) is 24.0 Å². The Hall–Kier alpha value is -2.94. The maximum atomic E-state index is 13.3. The van der Waals surface area contributed by atoms with Gasteiger partial charge in [-0.05, 0) is 76.6 Å². The van der Waals surface area contributed by atoms with E-state index in [0.717, 1.165) is 70.2 Å². The Labute approximate surface area is 225 Å². The van der Waals surface area contributed by atoms with Gasteiger partial charge in [-0.1, -0.05) is 36.7 Å². The third kappa shape index (κ3) is 5.87. The van der Waals surface area contributed by atoms with E-state index in [4.69, 9.17) is 9.26 Å². The molecule has 3 aliphatic heterocycles. The number of aryl methyl sites for hydroxylation is 2. The molecule has 0 bridgehead atoms. The van der Waals surface area contributed by atoms with Crippen molar-refractivity contribution < 1.29 is 18.8 Å². The second-order valence-electron chi connectivity index (χ2n) is 11.6. The van der Waals surface area contributed by atoms with Gasteiger partial charge in [0, 0.05) is 13.1 Å². The number of ether oxygens (including phenoxy) is 1. The molecule has 2 saturated heterocycles. The summed E-state index contributed by atoms with van der Waals surface area (Å²) in [6.45, 7) is 8.30. The third-order valence-electron chi connectivity index (χ3n) is 8.89. The first-order valence-electron chi connectivity index (χ1n) is 14.2. The van der Waals surface area contributed by atoms with Crippen molar-refractivity contribution in [2.45, 2.75) is 70.6 Å². The van der Waals surface area contributed by atoms with Crippen LogP contribution in [0.25, 0.3) is 0 Å². The number of nitrogens with zero attached hydrogens (tertiary/aromatic N) is 4. The number of piperidine rings is 2. The third-order valence-corrected chi connectivity index (χ3v) is 8.89. The largest absolute Gasteiger partial charge is 0.491 e. The van der Waals surface area contributed by atoms with Crippen LogP contribution >= 0.6 is 0 Å². The number of amides is 2. The predicted molar refractivity (Wildman–Crippen MR) is 143 cm³/mol. The molecule has 2 fully saturated rings. The van der Waals surface area contributed by atoms with Crippen molar-refractivity contribution in [3.05, 3.63) is 41.5 Å². The molecule has 0 radical (unpaired) electrons. The molecule has 1 aromatic carbocycles. The molecule has 1 N–H and O–H groups in total. The van der Waals surface area contributed by atoms with Crippen molar-refractivity contribution in [3.8, 4) is 5.75 Å². The van der Waals surface area contributed by atoms with Gasteiger partial charge in [-0.3, -0.25) is 14.5 Å². The molecular weight excluding hydrogens is 482 g/mol. The minimum Gasteiger partial charge on any atom is -0.491 e. The summed E-state index contributed by atoms with van der Waals surface area (Å²) in [4.78, 5) is 35.1. The number of hydrogen-bond acceptors (Lipinski definition) is 7. The SMILES string of the molecule is Cc1noc(C2(C)CCN(C(=O)CN3CCC4(CCCCc5ccccc5OCCNC4=O)CC3)CC2)n1. The number of carbonyl (C=O) groups excluding carboxylic acids is 2. The number of fused-ring (bicyclic) bond motifs is 1. The Balaban J connectivity index is 1.12. The minimum atomic E-state index is -0.354. The van der Waals surface area contributed by atoms with Gasteiger partial charge in [0.05, 0.1) is 23.9 Å². The van der Waals surface area contributed by atoms with Crippen molar-refractivity contribution in [2.75, 3.05) is 45.9 Å². The van der Waals surface area contributed by atoms with E-state index in [1.54, 1.807) is 0 Å². The van der Waals surface area contributed by atoms with Crippen LogP contribution in [0.5, 0.6) is 5.75 Å². The summed E-state index contributed by atoms with van der Waals surface area (Å²) in [5.41, 5.74) is 0.712. The fraction of sp³-hybridized carbons (Fsp3) is 0.655. The van der Waals surface area contributed by atoms with Gasteiger partial charge in [0.1, 0.15) is 12.4 Å². The van der Waals surface area contributed by atoms with Gasteiger partial charge < -0.3 is 19.5 Å². The van der Waals surface area contributed by atoms with Crippen molar-refractivity contribution in [3.63, 3.8) is 0 Å². The molecule has 2 aromatic rings. The van der Waals surface area contributed by atoms with E-state index in [0.29, 0.717) is 44.5 Å². The fourth-order valence-corrected chi connectivity index (χ4v) is 6.17. The molecule has 2 amide bonds. The zero-order valence-corrected chi connectivity index (χ0v) is 22.8. The van der Waals surface area contributed by atoms with Crippen LogP contribution in [0.15, 0.2) is 28.8 Å². The lowest BCUT2D eigenvalue weighted by Crippen LogP contribution is -2.52. The molecule has 0 unspecified atom stereocenters. The number of likely N-dealkylation sites (tertiary alicyclic amines) is 2. The Kier molecular flexibility index (Phi) is 8.02. The summed E-state index contributed by atoms with van der Waals surface area (Å²) in [6.07, 6.45) is 7.12. The van der Waals surface area contributed by atoms with Gasteiger partial charge in [0.15, 0.2) is 5.82 Å². The van der Waals surface area contributed by atoms with Crippen molar-refractivity contribution in [1.29, 1.82) is 0 Å². The number of hydrogen-bond donors (Lipinski definition) is 1. The average molecular weight is 524 g/mol. The van der Waals surface area contributed by atoms with Gasteiger partial charge in [0.25, 0.3) is 0 Å². The molecule has 4 heterocycles. The fourth-order valence-electron chi connectivity index (χ4n) is 6.17. The maximum Gasteiger partial charge on any atom is 0.236 e. The molecule has 206 valence electrons. The minimum absolute atomic E-state index is 0.146. The number of nitrogens with one attached hydrogen (secondary N) is 1. The van der Waals surface area contributed by atoms with Crippen LogP contribution in [-0.2, 0) is 21.4 Å². The van der Waals surface area contributed by atoms with Crippen LogP contribution in [0.3, 0.4) is 0 Å². The summed E-state index contributed by atoms with van der Waals surface area (Å²) < 4.78 is 11.4. The molecule has 1 aromatic heterocycles. The Morgan fingerprint density at radius 3 is 2.55 bits per heavy atom. The van der Waals surface area contributed by atoms with Gasteiger partial charge in [-0.25, -0.2) is 0 Å². The highest BCUT2D eigenvalue weighted by molar-refractivity contribution is 5.83. The normalized spacial score (nSPS) is 22.5. The summed E-state index contributed by atoms with van der Waals surface area (Å²) in [6, 6.07) is 8.21. The molecule has 38 heavy (non-hydrogen) atoms. The average Bonchev–Trinajstić information content (AvgIpc) is 3.37. The monoisotopic (exact) mass is 523 g/mol. The summed E-state index contributed by atoms with van der Waals surface area (Å²) in [5.74, 6) is 2.57. The summed E-state index contributed by atoms with van der Waals surface area (Å²) in [7, 11) is 0. The first kappa shape index (κ1) is 26.7. The van der Waals surface area contributed by atoms with Crippen molar-refractivity contribution >= 4 is 11.8 Å². The highest BCUT2D eigenvalue weighted by Crippen LogP contribution is 2.38. The predicted octanol–water partition coefficient (Wildman–Crippen LogP) is 3.26.